The zero-order chi connectivity index (χ0) is 5.82. The minimum Gasteiger partial charge on any atom is -0.118 e. The zero-order valence-corrected chi connectivity index (χ0v) is 5.69. The highest BCUT2D eigenvalue weighted by molar-refractivity contribution is 6.21. The van der Waals surface area contributed by atoms with Crippen molar-refractivity contribution in [2.24, 2.45) is 0 Å². The summed E-state index contributed by atoms with van der Waals surface area (Å²) in [4.78, 5) is 0. The first-order valence-electron chi connectivity index (χ1n) is 3.20. The second-order valence-electron chi connectivity index (χ2n) is 2.23. The maximum atomic E-state index is 5.83. The number of hydrogen-bond donors (Lipinski definition) is 0. The Balaban J connectivity index is 2.33. The molecule has 0 spiro atoms. The molecule has 0 saturated carbocycles. The van der Waals surface area contributed by atoms with Gasteiger partial charge in [0.25, 0.3) is 0 Å². The number of halogens is 1. The lowest BCUT2D eigenvalue weighted by atomic mass is 10.2. The Morgan fingerprint density at radius 3 is 3.12 bits per heavy atom. The molecule has 0 nitrogen and oxygen atoms in total. The molecule has 0 N–H and O–H groups in total. The lowest BCUT2D eigenvalue weighted by Crippen LogP contribution is -1.88. The lowest BCUT2D eigenvalue weighted by molar-refractivity contribution is 0.721. The molecule has 0 heterocycles. The van der Waals surface area contributed by atoms with E-state index in [-0.39, 0.29) is 0 Å². The number of allylic oxidation sites excluding steroid dienone is 2. The van der Waals surface area contributed by atoms with Gasteiger partial charge in [-0.05, 0) is 19.3 Å². The largest absolute Gasteiger partial charge is 0.118 e. The first kappa shape index (κ1) is 6.15. The number of rotatable bonds is 0. The van der Waals surface area contributed by atoms with Crippen LogP contribution in [-0.4, -0.2) is 5.38 Å². The van der Waals surface area contributed by atoms with Crippen molar-refractivity contribution in [1.29, 1.82) is 0 Å². The molecule has 46 valence electrons. The highest BCUT2D eigenvalue weighted by Gasteiger charge is 2.00. The van der Waals surface area contributed by atoms with Crippen molar-refractivity contribution >= 4 is 11.6 Å². The second-order valence-corrected chi connectivity index (χ2v) is 2.79. The molecule has 0 aromatic heterocycles. The average Bonchev–Trinajstić information content (AvgIpc) is 1.94. The van der Waals surface area contributed by atoms with Gasteiger partial charge in [-0.3, -0.25) is 0 Å². The molecule has 1 rings (SSSR count). The topological polar surface area (TPSA) is 0 Å². The molecule has 0 aromatic rings. The van der Waals surface area contributed by atoms with E-state index in [1.807, 2.05) is 0 Å². The Bertz CT molecular complexity index is 86.4. The van der Waals surface area contributed by atoms with Gasteiger partial charge in [0, 0.05) is 0 Å². The third kappa shape index (κ3) is 1.87. The second kappa shape index (κ2) is 3.13. The standard InChI is InChI=1S/C7H11Cl/c8-7-5-3-1-2-4-6-7/h3,5,7H,1-2,4,6H2. The van der Waals surface area contributed by atoms with Crippen LogP contribution in [0.5, 0.6) is 0 Å². The van der Waals surface area contributed by atoms with Crippen molar-refractivity contribution in [3.05, 3.63) is 12.2 Å². The Morgan fingerprint density at radius 2 is 2.25 bits per heavy atom. The molecular weight excluding hydrogens is 120 g/mol. The maximum Gasteiger partial charge on any atom is 0.0516 e. The number of hydrogen-bond acceptors (Lipinski definition) is 0. The van der Waals surface area contributed by atoms with Crippen LogP contribution in [0.1, 0.15) is 25.7 Å². The molecule has 8 heavy (non-hydrogen) atoms. The summed E-state index contributed by atoms with van der Waals surface area (Å²) >= 11 is 5.83. The Kier molecular flexibility index (Phi) is 2.41. The molecule has 0 amide bonds. The lowest BCUT2D eigenvalue weighted by Gasteiger charge is -1.96. The van der Waals surface area contributed by atoms with Crippen LogP contribution in [0.4, 0.5) is 0 Å². The van der Waals surface area contributed by atoms with Crippen LogP contribution in [0, 0.1) is 0 Å². The van der Waals surface area contributed by atoms with Gasteiger partial charge in [-0.15, -0.1) is 11.6 Å². The first-order valence-corrected chi connectivity index (χ1v) is 3.64. The van der Waals surface area contributed by atoms with Gasteiger partial charge in [-0.25, -0.2) is 0 Å². The van der Waals surface area contributed by atoms with Crippen LogP contribution in [0.25, 0.3) is 0 Å². The predicted molar refractivity (Wildman–Crippen MR) is 37.2 cm³/mol. The molecule has 0 fully saturated rings. The summed E-state index contributed by atoms with van der Waals surface area (Å²) in [7, 11) is 0. The van der Waals surface area contributed by atoms with E-state index in [1.54, 1.807) is 0 Å². The first-order chi connectivity index (χ1) is 3.89. The Hall–Kier alpha value is 0.0300. The van der Waals surface area contributed by atoms with Gasteiger partial charge in [0.2, 0.25) is 0 Å². The summed E-state index contributed by atoms with van der Waals surface area (Å²) in [5, 5.41) is 0.317. The normalized spacial score (nSPS) is 29.9. The summed E-state index contributed by atoms with van der Waals surface area (Å²) in [6.45, 7) is 0. The summed E-state index contributed by atoms with van der Waals surface area (Å²) in [5.74, 6) is 0. The van der Waals surface area contributed by atoms with Crippen LogP contribution in [-0.2, 0) is 0 Å². The van der Waals surface area contributed by atoms with Crippen LogP contribution in [0.3, 0.4) is 0 Å². The molecule has 0 bridgehead atoms. The Morgan fingerprint density at radius 1 is 1.38 bits per heavy atom. The summed E-state index contributed by atoms with van der Waals surface area (Å²) < 4.78 is 0. The minimum atomic E-state index is 0.317. The van der Waals surface area contributed by atoms with E-state index in [0.717, 1.165) is 6.42 Å². The molecule has 1 atom stereocenters. The minimum absolute atomic E-state index is 0.317. The fraction of sp³-hybridized carbons (Fsp3) is 0.714. The molecule has 0 saturated heterocycles. The summed E-state index contributed by atoms with van der Waals surface area (Å²) in [5.41, 5.74) is 0. The Labute approximate surface area is 55.5 Å². The van der Waals surface area contributed by atoms with Crippen LogP contribution in [0.15, 0.2) is 12.2 Å². The van der Waals surface area contributed by atoms with E-state index in [1.165, 1.54) is 19.3 Å². The van der Waals surface area contributed by atoms with Gasteiger partial charge < -0.3 is 0 Å². The average molecular weight is 131 g/mol. The SMILES string of the molecule is ClC1C=CCCCC1. The van der Waals surface area contributed by atoms with E-state index in [2.05, 4.69) is 12.2 Å². The fourth-order valence-electron chi connectivity index (χ4n) is 0.942. The van der Waals surface area contributed by atoms with Crippen molar-refractivity contribution in [3.8, 4) is 0 Å². The van der Waals surface area contributed by atoms with Gasteiger partial charge in [0.15, 0.2) is 0 Å². The molecule has 0 aromatic carbocycles. The maximum absolute atomic E-state index is 5.83. The van der Waals surface area contributed by atoms with E-state index in [9.17, 15) is 0 Å². The van der Waals surface area contributed by atoms with Crippen LogP contribution in [0.2, 0.25) is 0 Å². The van der Waals surface area contributed by atoms with E-state index < -0.39 is 0 Å². The van der Waals surface area contributed by atoms with E-state index >= 15 is 0 Å². The van der Waals surface area contributed by atoms with E-state index in [0.29, 0.717) is 5.38 Å². The van der Waals surface area contributed by atoms with Crippen LogP contribution < -0.4 is 0 Å². The third-order valence-corrected chi connectivity index (χ3v) is 1.81. The summed E-state index contributed by atoms with van der Waals surface area (Å²) in [6, 6.07) is 0. The number of alkyl halides is 1. The van der Waals surface area contributed by atoms with E-state index in [4.69, 9.17) is 11.6 Å². The van der Waals surface area contributed by atoms with Gasteiger partial charge in [0.1, 0.15) is 0 Å². The van der Waals surface area contributed by atoms with Crippen LogP contribution >= 0.6 is 11.6 Å². The van der Waals surface area contributed by atoms with Crippen molar-refractivity contribution in [1.82, 2.24) is 0 Å². The molecule has 1 unspecified atom stereocenters. The van der Waals surface area contributed by atoms with Crippen molar-refractivity contribution in [3.63, 3.8) is 0 Å². The van der Waals surface area contributed by atoms with Gasteiger partial charge >= 0.3 is 0 Å². The van der Waals surface area contributed by atoms with Gasteiger partial charge in [-0.1, -0.05) is 18.6 Å². The quantitative estimate of drug-likeness (QED) is 0.350. The smallest absolute Gasteiger partial charge is 0.0516 e. The van der Waals surface area contributed by atoms with Crippen molar-refractivity contribution in [2.45, 2.75) is 31.1 Å². The fourth-order valence-corrected chi connectivity index (χ4v) is 1.20. The monoisotopic (exact) mass is 130 g/mol. The highest BCUT2D eigenvalue weighted by Crippen LogP contribution is 2.14. The molecule has 1 aliphatic rings. The van der Waals surface area contributed by atoms with Gasteiger partial charge in [0.05, 0.1) is 5.38 Å². The third-order valence-electron chi connectivity index (χ3n) is 1.45. The van der Waals surface area contributed by atoms with Crippen molar-refractivity contribution in [2.75, 3.05) is 0 Å². The molecule has 0 aliphatic heterocycles. The molecule has 1 heteroatoms. The van der Waals surface area contributed by atoms with Crippen molar-refractivity contribution < 1.29 is 0 Å². The predicted octanol–water partition coefficient (Wildman–Crippen LogP) is 2.72. The van der Waals surface area contributed by atoms with Gasteiger partial charge in [-0.2, -0.15) is 0 Å². The zero-order valence-electron chi connectivity index (χ0n) is 4.94. The molecule has 1 aliphatic carbocycles. The highest BCUT2D eigenvalue weighted by atomic mass is 35.5. The summed E-state index contributed by atoms with van der Waals surface area (Å²) in [6.07, 6.45) is 9.29. The molecule has 0 radical (unpaired) electrons. The molecular formula is C7H11Cl.